The molecule has 0 aliphatic rings. The van der Waals surface area contributed by atoms with Gasteiger partial charge in [-0.2, -0.15) is 5.10 Å². The molecule has 2 heterocycles. The number of aryl methyl sites for hydroxylation is 1. The number of aromatic carboxylic acids is 1. The molecule has 0 bridgehead atoms. The average Bonchev–Trinajstić information content (AvgIpc) is 3.27. The third kappa shape index (κ3) is 4.18. The summed E-state index contributed by atoms with van der Waals surface area (Å²) >= 11 is 9.87. The first-order chi connectivity index (χ1) is 15.4. The second-order valence-corrected chi connectivity index (χ2v) is 8.60. The van der Waals surface area contributed by atoms with Crippen molar-refractivity contribution in [2.75, 3.05) is 0 Å². The lowest BCUT2D eigenvalue weighted by atomic mass is 10.1. The lowest BCUT2D eigenvalue weighted by Gasteiger charge is -2.11. The summed E-state index contributed by atoms with van der Waals surface area (Å²) in [4.78, 5) is 16.1. The van der Waals surface area contributed by atoms with Crippen molar-refractivity contribution < 1.29 is 15.0 Å². The second-order valence-electron chi connectivity index (χ2n) is 7.49. The van der Waals surface area contributed by atoms with E-state index in [4.69, 9.17) is 11.6 Å². The first-order valence-electron chi connectivity index (χ1n) is 10.3. The standard InChI is InChI=1S/C23H22BrClN4O3/c1-2-3-8-20-26-22(25)19(13-30)28(20)12-14-9-10-17-16(11-14)21(24)29(27-17)18-7-5-4-6-15(18)23(31)32/h4-7,9-11,30H,2-3,8,12-13H2,1H3,(H,31,32). The minimum absolute atomic E-state index is 0.169. The number of hydrogen-bond donors (Lipinski definition) is 2. The Morgan fingerprint density at radius 2 is 2.00 bits per heavy atom. The lowest BCUT2D eigenvalue weighted by molar-refractivity contribution is 0.0696. The van der Waals surface area contributed by atoms with Crippen LogP contribution in [-0.2, 0) is 19.6 Å². The van der Waals surface area contributed by atoms with Gasteiger partial charge in [-0.1, -0.05) is 43.1 Å². The first kappa shape index (κ1) is 22.5. The molecule has 0 aliphatic heterocycles. The van der Waals surface area contributed by atoms with Crippen LogP contribution in [0.2, 0.25) is 5.15 Å². The summed E-state index contributed by atoms with van der Waals surface area (Å²) in [6.45, 7) is 2.44. The molecular weight excluding hydrogens is 496 g/mol. The zero-order valence-electron chi connectivity index (χ0n) is 17.4. The molecule has 0 saturated carbocycles. The van der Waals surface area contributed by atoms with Gasteiger partial charge in [-0.15, -0.1) is 0 Å². The first-order valence-corrected chi connectivity index (χ1v) is 11.5. The van der Waals surface area contributed by atoms with Gasteiger partial charge in [0.2, 0.25) is 0 Å². The molecule has 32 heavy (non-hydrogen) atoms. The van der Waals surface area contributed by atoms with Gasteiger partial charge >= 0.3 is 5.97 Å². The predicted octanol–water partition coefficient (Wildman–Crippen LogP) is 5.22. The minimum atomic E-state index is -1.01. The van der Waals surface area contributed by atoms with Crippen LogP contribution in [0.25, 0.3) is 16.6 Å². The van der Waals surface area contributed by atoms with E-state index in [9.17, 15) is 15.0 Å². The second kappa shape index (κ2) is 9.44. The number of unbranched alkanes of at least 4 members (excludes halogenated alkanes) is 1. The summed E-state index contributed by atoms with van der Waals surface area (Å²) in [5.74, 6) is -0.160. The van der Waals surface area contributed by atoms with Gasteiger partial charge in [0.1, 0.15) is 10.4 Å². The van der Waals surface area contributed by atoms with Crippen LogP contribution in [0.5, 0.6) is 0 Å². The van der Waals surface area contributed by atoms with Crippen molar-refractivity contribution in [1.82, 2.24) is 19.3 Å². The zero-order valence-corrected chi connectivity index (χ0v) is 19.8. The van der Waals surface area contributed by atoms with Gasteiger partial charge < -0.3 is 14.8 Å². The Morgan fingerprint density at radius 3 is 2.72 bits per heavy atom. The van der Waals surface area contributed by atoms with Crippen molar-refractivity contribution in [3.05, 3.63) is 74.9 Å². The van der Waals surface area contributed by atoms with E-state index in [1.807, 2.05) is 22.8 Å². The highest BCUT2D eigenvalue weighted by atomic mass is 79.9. The maximum absolute atomic E-state index is 11.7. The van der Waals surface area contributed by atoms with E-state index < -0.39 is 5.97 Å². The number of nitrogens with zero attached hydrogens (tertiary/aromatic N) is 4. The molecule has 0 aliphatic carbocycles. The number of aromatic nitrogens is 4. The van der Waals surface area contributed by atoms with Crippen LogP contribution >= 0.6 is 27.5 Å². The summed E-state index contributed by atoms with van der Waals surface area (Å²) in [5, 5.41) is 25.1. The summed E-state index contributed by atoms with van der Waals surface area (Å²) in [5.41, 5.74) is 2.98. The van der Waals surface area contributed by atoms with E-state index in [0.717, 1.165) is 41.6 Å². The van der Waals surface area contributed by atoms with Crippen LogP contribution in [0.3, 0.4) is 0 Å². The predicted molar refractivity (Wildman–Crippen MR) is 127 cm³/mol. The highest BCUT2D eigenvalue weighted by Gasteiger charge is 2.18. The molecule has 4 aromatic rings. The fourth-order valence-corrected chi connectivity index (χ4v) is 4.60. The Morgan fingerprint density at radius 1 is 1.22 bits per heavy atom. The van der Waals surface area contributed by atoms with Crippen molar-refractivity contribution >= 4 is 44.4 Å². The molecule has 4 rings (SSSR count). The molecule has 0 atom stereocenters. The summed E-state index contributed by atoms with van der Waals surface area (Å²) in [7, 11) is 0. The minimum Gasteiger partial charge on any atom is -0.478 e. The normalized spacial score (nSPS) is 11.4. The highest BCUT2D eigenvalue weighted by Crippen LogP contribution is 2.30. The molecular formula is C23H22BrClN4O3. The van der Waals surface area contributed by atoms with Gasteiger partial charge in [0, 0.05) is 18.4 Å². The number of aliphatic hydroxyl groups is 1. The Kier molecular flexibility index (Phi) is 6.64. The molecule has 166 valence electrons. The van der Waals surface area contributed by atoms with Crippen molar-refractivity contribution in [3.63, 3.8) is 0 Å². The van der Waals surface area contributed by atoms with Gasteiger partial charge in [-0.25, -0.2) is 14.5 Å². The number of aliphatic hydroxyl groups excluding tert-OH is 1. The number of halogens is 2. The fourth-order valence-electron chi connectivity index (χ4n) is 3.75. The monoisotopic (exact) mass is 516 g/mol. The SMILES string of the molecule is CCCCc1nc(Cl)c(CO)n1Cc1ccc2nn(-c3ccccc3C(=O)O)c(Br)c2c1. The van der Waals surface area contributed by atoms with Crippen LogP contribution in [0.4, 0.5) is 0 Å². The molecule has 2 aromatic carbocycles. The van der Waals surface area contributed by atoms with Gasteiger partial charge in [-0.3, -0.25) is 0 Å². The smallest absolute Gasteiger partial charge is 0.337 e. The zero-order chi connectivity index (χ0) is 22.8. The molecule has 0 amide bonds. The maximum atomic E-state index is 11.7. The average molecular weight is 518 g/mol. The molecule has 0 saturated heterocycles. The number of para-hydroxylation sites is 1. The van der Waals surface area contributed by atoms with Crippen LogP contribution in [-0.4, -0.2) is 35.5 Å². The Balaban J connectivity index is 1.75. The van der Waals surface area contributed by atoms with Gasteiger partial charge in [-0.05, 0) is 52.2 Å². The highest BCUT2D eigenvalue weighted by molar-refractivity contribution is 9.10. The summed E-state index contributed by atoms with van der Waals surface area (Å²) < 4.78 is 4.23. The third-order valence-electron chi connectivity index (χ3n) is 5.39. The molecule has 0 unspecified atom stereocenters. The molecule has 0 fully saturated rings. The van der Waals surface area contributed by atoms with Crippen molar-refractivity contribution in [3.8, 4) is 5.69 Å². The Hall–Kier alpha value is -2.68. The number of carboxylic acid groups (broad SMARTS) is 1. The molecule has 9 heteroatoms. The molecule has 2 N–H and O–H groups in total. The van der Waals surface area contributed by atoms with Crippen molar-refractivity contribution in [1.29, 1.82) is 0 Å². The van der Waals surface area contributed by atoms with Crippen molar-refractivity contribution in [2.45, 2.75) is 39.3 Å². The molecule has 2 aromatic heterocycles. The van der Waals surface area contributed by atoms with Crippen LogP contribution in [0.15, 0.2) is 47.1 Å². The van der Waals surface area contributed by atoms with E-state index in [1.165, 1.54) is 0 Å². The number of benzene rings is 2. The van der Waals surface area contributed by atoms with E-state index >= 15 is 0 Å². The molecule has 0 radical (unpaired) electrons. The van der Waals surface area contributed by atoms with E-state index in [-0.39, 0.29) is 12.2 Å². The lowest BCUT2D eigenvalue weighted by Crippen LogP contribution is -2.09. The topological polar surface area (TPSA) is 93.2 Å². The number of rotatable bonds is 8. The third-order valence-corrected chi connectivity index (χ3v) is 6.45. The van der Waals surface area contributed by atoms with E-state index in [1.54, 1.807) is 28.9 Å². The molecule has 0 spiro atoms. The van der Waals surface area contributed by atoms with Crippen LogP contribution < -0.4 is 0 Å². The largest absolute Gasteiger partial charge is 0.478 e. The number of carboxylic acids is 1. The Bertz CT molecular complexity index is 1300. The number of carbonyl (C=O) groups is 1. The fraction of sp³-hybridized carbons (Fsp3) is 0.261. The molecule has 7 nitrogen and oxygen atoms in total. The van der Waals surface area contributed by atoms with Gasteiger partial charge in [0.15, 0.2) is 5.15 Å². The van der Waals surface area contributed by atoms with E-state index in [2.05, 4.69) is 32.9 Å². The maximum Gasteiger partial charge on any atom is 0.337 e. The quantitative estimate of drug-likeness (QED) is 0.334. The summed E-state index contributed by atoms with van der Waals surface area (Å²) in [6.07, 6.45) is 2.81. The van der Waals surface area contributed by atoms with Crippen LogP contribution in [0, 0.1) is 0 Å². The van der Waals surface area contributed by atoms with Gasteiger partial charge in [0.25, 0.3) is 0 Å². The van der Waals surface area contributed by atoms with Crippen molar-refractivity contribution in [2.24, 2.45) is 0 Å². The number of hydrogen-bond acceptors (Lipinski definition) is 4. The van der Waals surface area contributed by atoms with Gasteiger partial charge in [0.05, 0.1) is 29.1 Å². The number of fused-ring (bicyclic) bond motifs is 1. The summed E-state index contributed by atoms with van der Waals surface area (Å²) in [6, 6.07) is 12.6. The van der Waals surface area contributed by atoms with E-state index in [0.29, 0.717) is 27.7 Å². The Labute approximate surface area is 198 Å². The number of imidazole rings is 1. The van der Waals surface area contributed by atoms with Crippen LogP contribution in [0.1, 0.15) is 47.2 Å².